The monoisotopic (exact) mass is 420 g/mol. The topological polar surface area (TPSA) is 84.5 Å². The first-order chi connectivity index (χ1) is 13.9. The quantitative estimate of drug-likeness (QED) is 0.777. The van der Waals surface area contributed by atoms with Gasteiger partial charge < -0.3 is 15.4 Å². The molecule has 0 spiro atoms. The number of fused-ring (bicyclic) bond motifs is 1. The van der Waals surface area contributed by atoms with Crippen molar-refractivity contribution in [2.75, 3.05) is 18.5 Å². The standard InChI is InChI=1S/C20H18F2N2O4S/c21-12-7-8-16(15(22)10-12)24-20(25)19-18(23-11-13-4-3-9-28-13)14-5-1-2-6-17(14)29(19,26)27/h1-2,5-8,10,13,23H,3-4,9,11H2,(H,24,25)/t13-/m1/s1. The Morgan fingerprint density at radius 1 is 1.17 bits per heavy atom. The first-order valence-corrected chi connectivity index (χ1v) is 10.6. The maximum Gasteiger partial charge on any atom is 0.269 e. The zero-order valence-electron chi connectivity index (χ0n) is 15.2. The van der Waals surface area contributed by atoms with Crippen LogP contribution in [0.15, 0.2) is 52.3 Å². The molecule has 2 aromatic rings. The number of ether oxygens (including phenoxy) is 1. The molecule has 1 saturated heterocycles. The van der Waals surface area contributed by atoms with Crippen LogP contribution in [-0.4, -0.2) is 33.6 Å². The third kappa shape index (κ3) is 3.63. The molecule has 0 aliphatic carbocycles. The van der Waals surface area contributed by atoms with Crippen LogP contribution < -0.4 is 10.6 Å². The van der Waals surface area contributed by atoms with Gasteiger partial charge in [-0.3, -0.25) is 4.79 Å². The summed E-state index contributed by atoms with van der Waals surface area (Å²) in [5.41, 5.74) is 0.208. The van der Waals surface area contributed by atoms with Crippen molar-refractivity contribution in [1.29, 1.82) is 0 Å². The Hall–Kier alpha value is -2.78. The fourth-order valence-corrected chi connectivity index (χ4v) is 5.16. The van der Waals surface area contributed by atoms with Crippen LogP contribution in [0.5, 0.6) is 0 Å². The molecule has 0 unspecified atom stereocenters. The molecule has 1 amide bonds. The molecule has 0 bridgehead atoms. The number of carbonyl (C=O) groups is 1. The van der Waals surface area contributed by atoms with Gasteiger partial charge in [0.2, 0.25) is 9.84 Å². The van der Waals surface area contributed by atoms with E-state index < -0.39 is 32.3 Å². The van der Waals surface area contributed by atoms with Crippen LogP contribution in [0.2, 0.25) is 0 Å². The summed E-state index contributed by atoms with van der Waals surface area (Å²) < 4.78 is 58.7. The summed E-state index contributed by atoms with van der Waals surface area (Å²) in [4.78, 5) is 12.4. The van der Waals surface area contributed by atoms with Gasteiger partial charge >= 0.3 is 0 Å². The van der Waals surface area contributed by atoms with Crippen LogP contribution in [0.3, 0.4) is 0 Å². The second kappa shape index (κ2) is 7.57. The number of sulfone groups is 1. The Kier molecular flexibility index (Phi) is 5.10. The van der Waals surface area contributed by atoms with Gasteiger partial charge in [0.1, 0.15) is 11.6 Å². The number of nitrogens with one attached hydrogen (secondary N) is 2. The van der Waals surface area contributed by atoms with Gasteiger partial charge in [-0.05, 0) is 31.0 Å². The fraction of sp³-hybridized carbons (Fsp3) is 0.250. The molecule has 2 N–H and O–H groups in total. The van der Waals surface area contributed by atoms with E-state index in [1.165, 1.54) is 6.07 Å². The number of rotatable bonds is 5. The predicted octanol–water partition coefficient (Wildman–Crippen LogP) is 2.83. The van der Waals surface area contributed by atoms with Crippen LogP contribution in [0.25, 0.3) is 5.70 Å². The van der Waals surface area contributed by atoms with Crippen molar-refractivity contribution in [2.45, 2.75) is 23.8 Å². The van der Waals surface area contributed by atoms with Crippen molar-refractivity contribution in [3.05, 3.63) is 64.6 Å². The summed E-state index contributed by atoms with van der Waals surface area (Å²) in [6.45, 7) is 0.971. The minimum Gasteiger partial charge on any atom is -0.381 e. The molecular weight excluding hydrogens is 402 g/mol. The second-order valence-corrected chi connectivity index (χ2v) is 8.65. The first-order valence-electron chi connectivity index (χ1n) is 9.08. The Bertz CT molecular complexity index is 1110. The average Bonchev–Trinajstić information content (AvgIpc) is 3.27. The molecule has 0 radical (unpaired) electrons. The molecular formula is C20H18F2N2O4S. The molecule has 1 atom stereocenters. The van der Waals surface area contributed by atoms with Crippen LogP contribution >= 0.6 is 0 Å². The van der Waals surface area contributed by atoms with Crippen molar-refractivity contribution in [2.24, 2.45) is 0 Å². The van der Waals surface area contributed by atoms with Gasteiger partial charge in [0.05, 0.1) is 22.4 Å². The highest BCUT2D eigenvalue weighted by molar-refractivity contribution is 7.97. The van der Waals surface area contributed by atoms with Crippen LogP contribution in [0.1, 0.15) is 18.4 Å². The van der Waals surface area contributed by atoms with Crippen LogP contribution in [0, 0.1) is 11.6 Å². The molecule has 2 heterocycles. The minimum atomic E-state index is -4.11. The fourth-order valence-electron chi connectivity index (χ4n) is 3.48. The lowest BCUT2D eigenvalue weighted by Gasteiger charge is -2.14. The van der Waals surface area contributed by atoms with E-state index in [-0.39, 0.29) is 22.4 Å². The van der Waals surface area contributed by atoms with E-state index >= 15 is 0 Å². The SMILES string of the molecule is O=C(Nc1ccc(F)cc1F)C1=C(NC[C@H]2CCCO2)c2ccccc2S1(=O)=O. The largest absolute Gasteiger partial charge is 0.381 e. The molecule has 29 heavy (non-hydrogen) atoms. The van der Waals surface area contributed by atoms with E-state index in [0.29, 0.717) is 24.8 Å². The van der Waals surface area contributed by atoms with E-state index in [4.69, 9.17) is 4.74 Å². The second-order valence-electron chi connectivity index (χ2n) is 6.80. The van der Waals surface area contributed by atoms with E-state index in [1.54, 1.807) is 18.2 Å². The number of anilines is 1. The summed E-state index contributed by atoms with van der Waals surface area (Å²) in [5, 5.41) is 5.28. The smallest absolute Gasteiger partial charge is 0.269 e. The van der Waals surface area contributed by atoms with Crippen molar-refractivity contribution in [3.8, 4) is 0 Å². The summed E-state index contributed by atoms with van der Waals surface area (Å²) in [7, 11) is -4.11. The molecule has 2 aromatic carbocycles. The first kappa shape index (κ1) is 19.5. The maximum atomic E-state index is 14.0. The predicted molar refractivity (Wildman–Crippen MR) is 103 cm³/mol. The summed E-state index contributed by atoms with van der Waals surface area (Å²) in [6, 6.07) is 8.87. The summed E-state index contributed by atoms with van der Waals surface area (Å²) in [5.74, 6) is -2.80. The zero-order chi connectivity index (χ0) is 20.6. The molecule has 6 nitrogen and oxygen atoms in total. The molecule has 1 fully saturated rings. The van der Waals surface area contributed by atoms with Crippen molar-refractivity contribution in [1.82, 2.24) is 5.32 Å². The third-order valence-electron chi connectivity index (χ3n) is 4.86. The number of halogens is 2. The van der Waals surface area contributed by atoms with Gasteiger partial charge in [-0.15, -0.1) is 0 Å². The summed E-state index contributed by atoms with van der Waals surface area (Å²) >= 11 is 0. The Morgan fingerprint density at radius 2 is 1.97 bits per heavy atom. The summed E-state index contributed by atoms with van der Waals surface area (Å²) in [6.07, 6.45) is 1.66. The van der Waals surface area contributed by atoms with Gasteiger partial charge in [-0.1, -0.05) is 18.2 Å². The average molecular weight is 420 g/mol. The highest BCUT2D eigenvalue weighted by Gasteiger charge is 2.40. The normalized spacial score (nSPS) is 19.9. The van der Waals surface area contributed by atoms with Gasteiger partial charge in [0, 0.05) is 24.8 Å². The lowest BCUT2D eigenvalue weighted by Crippen LogP contribution is -2.28. The van der Waals surface area contributed by atoms with Crippen molar-refractivity contribution < 1.29 is 26.7 Å². The number of carbonyl (C=O) groups excluding carboxylic acids is 1. The van der Waals surface area contributed by atoms with Gasteiger partial charge in [-0.2, -0.15) is 0 Å². The molecule has 9 heteroatoms. The zero-order valence-corrected chi connectivity index (χ0v) is 16.1. The van der Waals surface area contributed by atoms with Crippen molar-refractivity contribution in [3.63, 3.8) is 0 Å². The van der Waals surface area contributed by atoms with Gasteiger partial charge in [0.25, 0.3) is 5.91 Å². The van der Waals surface area contributed by atoms with E-state index in [0.717, 1.165) is 25.0 Å². The number of hydrogen-bond donors (Lipinski definition) is 2. The number of benzene rings is 2. The van der Waals surface area contributed by atoms with E-state index in [1.807, 2.05) is 0 Å². The molecule has 152 valence electrons. The highest BCUT2D eigenvalue weighted by Crippen LogP contribution is 2.38. The molecule has 4 rings (SSSR count). The molecule has 0 aromatic heterocycles. The van der Waals surface area contributed by atoms with Crippen molar-refractivity contribution >= 4 is 27.1 Å². The van der Waals surface area contributed by atoms with E-state index in [2.05, 4.69) is 10.6 Å². The van der Waals surface area contributed by atoms with Crippen LogP contribution in [-0.2, 0) is 19.4 Å². The Morgan fingerprint density at radius 3 is 2.69 bits per heavy atom. The number of amides is 1. The van der Waals surface area contributed by atoms with E-state index in [9.17, 15) is 22.0 Å². The van der Waals surface area contributed by atoms with Gasteiger partial charge in [-0.25, -0.2) is 17.2 Å². The van der Waals surface area contributed by atoms with Crippen LogP contribution in [0.4, 0.5) is 14.5 Å². The maximum absolute atomic E-state index is 14.0. The molecule has 2 aliphatic rings. The lowest BCUT2D eigenvalue weighted by molar-refractivity contribution is -0.112. The molecule has 2 aliphatic heterocycles. The lowest BCUT2D eigenvalue weighted by atomic mass is 10.1. The molecule has 0 saturated carbocycles. The van der Waals surface area contributed by atoms with Gasteiger partial charge in [0.15, 0.2) is 4.91 Å². The minimum absolute atomic E-state index is 0.000400. The number of hydrogen-bond acceptors (Lipinski definition) is 5. The highest BCUT2D eigenvalue weighted by atomic mass is 32.2. The third-order valence-corrected chi connectivity index (χ3v) is 6.72. The Labute approximate surface area is 166 Å². The Balaban J connectivity index is 1.71.